The molecule has 2 atom stereocenters. The average molecular weight is 302 g/mol. The zero-order chi connectivity index (χ0) is 14.9. The molecule has 2 rings (SSSR count). The van der Waals surface area contributed by atoms with E-state index in [-0.39, 0.29) is 18.7 Å². The van der Waals surface area contributed by atoms with E-state index < -0.39 is 33.9 Å². The summed E-state index contributed by atoms with van der Waals surface area (Å²) in [5.74, 6) is -0.970. The van der Waals surface area contributed by atoms with Crippen LogP contribution in [-0.4, -0.2) is 55.8 Å². The van der Waals surface area contributed by atoms with Crippen molar-refractivity contribution in [2.45, 2.75) is 12.1 Å². The lowest BCUT2D eigenvalue weighted by Gasteiger charge is -2.16. The third-order valence-corrected chi connectivity index (χ3v) is 3.74. The number of likely N-dealkylation sites (tertiary alicyclic amines) is 1. The van der Waals surface area contributed by atoms with Crippen molar-refractivity contribution < 1.29 is 22.7 Å². The third-order valence-electron chi connectivity index (χ3n) is 3.01. The molecule has 1 heterocycles. The quantitative estimate of drug-likeness (QED) is 0.792. The molecule has 0 saturated carbocycles. The maximum absolute atomic E-state index is 13.1. The van der Waals surface area contributed by atoms with Crippen molar-refractivity contribution in [1.29, 1.82) is 0 Å². The summed E-state index contributed by atoms with van der Waals surface area (Å²) in [6, 6.07) is 4.47. The van der Waals surface area contributed by atoms with Gasteiger partial charge in [-0.05, 0) is 18.2 Å². The summed E-state index contributed by atoms with van der Waals surface area (Å²) in [6.45, 7) is 0.0477. The summed E-state index contributed by atoms with van der Waals surface area (Å²) in [7, 11) is -3.47. The maximum atomic E-state index is 13.1. The van der Waals surface area contributed by atoms with E-state index >= 15 is 0 Å². The molecule has 20 heavy (non-hydrogen) atoms. The summed E-state index contributed by atoms with van der Waals surface area (Å²) in [4.78, 5) is 13.4. The van der Waals surface area contributed by atoms with Gasteiger partial charge in [0.15, 0.2) is 0 Å². The molecule has 0 aromatic heterocycles. The number of carbonyl (C=O) groups excluding carboxylic acids is 1. The number of nitrogens with one attached hydrogen (secondary N) is 1. The monoisotopic (exact) mass is 302 g/mol. The maximum Gasteiger partial charge on any atom is 0.254 e. The molecule has 1 fully saturated rings. The smallest absolute Gasteiger partial charge is 0.254 e. The Morgan fingerprint density at radius 2 is 2.15 bits per heavy atom. The number of amides is 1. The van der Waals surface area contributed by atoms with Crippen LogP contribution >= 0.6 is 0 Å². The van der Waals surface area contributed by atoms with E-state index in [1.807, 2.05) is 0 Å². The number of carbonyl (C=O) groups is 1. The Morgan fingerprint density at radius 3 is 2.75 bits per heavy atom. The first-order valence-electron chi connectivity index (χ1n) is 5.96. The number of sulfonamides is 1. The van der Waals surface area contributed by atoms with Gasteiger partial charge < -0.3 is 10.0 Å². The van der Waals surface area contributed by atoms with Gasteiger partial charge in [0.1, 0.15) is 5.82 Å². The number of aliphatic hydroxyl groups excluding tert-OH is 1. The lowest BCUT2D eigenvalue weighted by molar-refractivity contribution is 0.0764. The van der Waals surface area contributed by atoms with Crippen LogP contribution in [0, 0.1) is 5.82 Å². The molecule has 1 aliphatic heterocycles. The van der Waals surface area contributed by atoms with Crippen molar-refractivity contribution in [3.05, 3.63) is 35.6 Å². The van der Waals surface area contributed by atoms with Gasteiger partial charge in [0, 0.05) is 18.7 Å². The number of hydrogen-bond acceptors (Lipinski definition) is 4. The molecular formula is C12H15FN2O4S. The van der Waals surface area contributed by atoms with Crippen molar-refractivity contribution >= 4 is 15.9 Å². The van der Waals surface area contributed by atoms with E-state index in [4.69, 9.17) is 0 Å². The Bertz CT molecular complexity index is 620. The molecule has 1 saturated heterocycles. The largest absolute Gasteiger partial charge is 0.390 e. The van der Waals surface area contributed by atoms with Gasteiger partial charge >= 0.3 is 0 Å². The van der Waals surface area contributed by atoms with Crippen molar-refractivity contribution in [3.63, 3.8) is 0 Å². The van der Waals surface area contributed by atoms with E-state index in [1.165, 1.54) is 23.1 Å². The zero-order valence-electron chi connectivity index (χ0n) is 10.8. The number of β-amino-alcohol motifs (C(OH)–C–C–N with tert-alkyl or cyclic N) is 1. The van der Waals surface area contributed by atoms with E-state index in [9.17, 15) is 22.7 Å². The summed E-state index contributed by atoms with van der Waals surface area (Å²) >= 11 is 0. The van der Waals surface area contributed by atoms with Gasteiger partial charge in [-0.3, -0.25) is 4.79 Å². The highest BCUT2D eigenvalue weighted by molar-refractivity contribution is 7.88. The molecule has 0 aliphatic carbocycles. The predicted molar refractivity (Wildman–Crippen MR) is 70.1 cm³/mol. The molecule has 1 aromatic carbocycles. The summed E-state index contributed by atoms with van der Waals surface area (Å²) < 4.78 is 37.6. The molecule has 0 unspecified atom stereocenters. The number of benzene rings is 1. The van der Waals surface area contributed by atoms with E-state index in [0.29, 0.717) is 0 Å². The highest BCUT2D eigenvalue weighted by atomic mass is 32.2. The van der Waals surface area contributed by atoms with Gasteiger partial charge in [0.2, 0.25) is 10.0 Å². The van der Waals surface area contributed by atoms with E-state index in [1.54, 1.807) is 0 Å². The molecule has 110 valence electrons. The summed E-state index contributed by atoms with van der Waals surface area (Å²) in [6.07, 6.45) is -0.00113. The molecule has 0 bridgehead atoms. The molecule has 2 N–H and O–H groups in total. The normalized spacial score (nSPS) is 23.1. The molecule has 8 heteroatoms. The number of hydrogen-bond donors (Lipinski definition) is 2. The lowest BCUT2D eigenvalue weighted by atomic mass is 10.2. The Kier molecular flexibility index (Phi) is 4.07. The fourth-order valence-electron chi connectivity index (χ4n) is 2.15. The molecule has 0 spiro atoms. The Labute approximate surface area is 116 Å². The van der Waals surface area contributed by atoms with Gasteiger partial charge in [-0.1, -0.05) is 6.07 Å². The molecule has 1 aliphatic rings. The van der Waals surface area contributed by atoms with Crippen LogP contribution in [0.5, 0.6) is 0 Å². The van der Waals surface area contributed by atoms with Gasteiger partial charge in [-0.25, -0.2) is 17.5 Å². The van der Waals surface area contributed by atoms with Crippen LogP contribution in [-0.2, 0) is 10.0 Å². The topological polar surface area (TPSA) is 86.7 Å². The van der Waals surface area contributed by atoms with Crippen LogP contribution in [0.15, 0.2) is 24.3 Å². The first-order chi connectivity index (χ1) is 9.26. The van der Waals surface area contributed by atoms with Gasteiger partial charge in [-0.15, -0.1) is 0 Å². The van der Waals surface area contributed by atoms with Crippen LogP contribution < -0.4 is 4.72 Å². The van der Waals surface area contributed by atoms with Crippen LogP contribution in [0.4, 0.5) is 4.39 Å². The van der Waals surface area contributed by atoms with Gasteiger partial charge in [0.25, 0.3) is 5.91 Å². The number of aliphatic hydroxyl groups is 1. The van der Waals surface area contributed by atoms with Crippen molar-refractivity contribution in [2.24, 2.45) is 0 Å². The average Bonchev–Trinajstić information content (AvgIpc) is 2.68. The third kappa shape index (κ3) is 3.53. The second kappa shape index (κ2) is 5.47. The zero-order valence-corrected chi connectivity index (χ0v) is 11.6. The van der Waals surface area contributed by atoms with Gasteiger partial charge in [0.05, 0.1) is 18.4 Å². The minimum absolute atomic E-state index is 0.00251. The first-order valence-corrected chi connectivity index (χ1v) is 7.85. The Morgan fingerprint density at radius 1 is 1.45 bits per heavy atom. The lowest BCUT2D eigenvalue weighted by Crippen LogP contribution is -2.42. The number of nitrogens with zero attached hydrogens (tertiary/aromatic N) is 1. The Balaban J connectivity index is 2.10. The minimum Gasteiger partial charge on any atom is -0.390 e. The summed E-state index contributed by atoms with van der Waals surface area (Å²) in [5, 5.41) is 9.78. The number of rotatable bonds is 3. The molecule has 0 radical (unpaired) electrons. The van der Waals surface area contributed by atoms with Crippen LogP contribution in [0.1, 0.15) is 10.4 Å². The van der Waals surface area contributed by atoms with E-state index in [2.05, 4.69) is 4.72 Å². The number of halogens is 1. The van der Waals surface area contributed by atoms with Crippen molar-refractivity contribution in [3.8, 4) is 0 Å². The second-order valence-corrected chi connectivity index (χ2v) is 6.56. The predicted octanol–water partition coefficient (Wildman–Crippen LogP) is -0.440. The fourth-order valence-corrected chi connectivity index (χ4v) is 2.93. The highest BCUT2D eigenvalue weighted by Crippen LogP contribution is 2.15. The standard InChI is InChI=1S/C12H15FN2O4S/c1-20(18,19)14-10-6-15(7-11(10)16)12(17)8-3-2-4-9(13)5-8/h2-5,10-11,14,16H,6-7H2,1H3/t10-,11-/m1/s1. The van der Waals surface area contributed by atoms with Crippen molar-refractivity contribution in [1.82, 2.24) is 9.62 Å². The molecule has 1 amide bonds. The van der Waals surface area contributed by atoms with Crippen LogP contribution in [0.3, 0.4) is 0 Å². The van der Waals surface area contributed by atoms with Crippen molar-refractivity contribution in [2.75, 3.05) is 19.3 Å². The Hall–Kier alpha value is -1.51. The molecule has 1 aromatic rings. The van der Waals surface area contributed by atoms with Crippen LogP contribution in [0.25, 0.3) is 0 Å². The molecular weight excluding hydrogens is 287 g/mol. The highest BCUT2D eigenvalue weighted by Gasteiger charge is 2.35. The van der Waals surface area contributed by atoms with E-state index in [0.717, 1.165) is 12.3 Å². The van der Waals surface area contributed by atoms with Crippen LogP contribution in [0.2, 0.25) is 0 Å². The first kappa shape index (κ1) is 14.9. The summed E-state index contributed by atoms with van der Waals surface area (Å²) in [5.41, 5.74) is 0.164. The second-order valence-electron chi connectivity index (χ2n) is 4.78. The fraction of sp³-hybridized carbons (Fsp3) is 0.417. The molecule has 6 nitrogen and oxygen atoms in total. The SMILES string of the molecule is CS(=O)(=O)N[C@@H]1CN(C(=O)c2cccc(F)c2)C[C@H]1O. The minimum atomic E-state index is -3.47. The van der Waals surface area contributed by atoms with Gasteiger partial charge in [-0.2, -0.15) is 0 Å².